The number of hydrogen-bond donors (Lipinski definition) is 2. The van der Waals surface area contributed by atoms with Crippen LogP contribution in [0.1, 0.15) is 78.4 Å². The summed E-state index contributed by atoms with van der Waals surface area (Å²) < 4.78 is 47.8. The summed E-state index contributed by atoms with van der Waals surface area (Å²) in [7, 11) is 1.52. The van der Waals surface area contributed by atoms with Gasteiger partial charge in [-0.2, -0.15) is 18.2 Å². The third-order valence-electron chi connectivity index (χ3n) is 8.60. The summed E-state index contributed by atoms with van der Waals surface area (Å²) in [6.07, 6.45) is 1.25. The Bertz CT molecular complexity index is 2040. The van der Waals surface area contributed by atoms with Crippen molar-refractivity contribution in [2.45, 2.75) is 64.3 Å². The molecule has 12 nitrogen and oxygen atoms in total. The zero-order chi connectivity index (χ0) is 35.7. The average molecular weight is 686 g/mol. The van der Waals surface area contributed by atoms with Crippen molar-refractivity contribution in [1.29, 1.82) is 0 Å². The highest BCUT2D eigenvalue weighted by Gasteiger charge is 2.36. The minimum Gasteiger partial charge on any atom is -0.480 e. The fraction of sp³-hybridized carbons (Fsp3) is 0.314. The lowest BCUT2D eigenvalue weighted by molar-refractivity contribution is -0.140. The van der Waals surface area contributed by atoms with Crippen LogP contribution in [0.4, 0.5) is 19.1 Å². The van der Waals surface area contributed by atoms with E-state index < -0.39 is 23.8 Å². The van der Waals surface area contributed by atoms with E-state index in [2.05, 4.69) is 24.9 Å². The van der Waals surface area contributed by atoms with Crippen LogP contribution in [0.25, 0.3) is 22.8 Å². The van der Waals surface area contributed by atoms with Crippen molar-refractivity contribution < 1.29 is 28.1 Å². The van der Waals surface area contributed by atoms with E-state index in [1.165, 1.54) is 24.3 Å². The largest absolute Gasteiger partial charge is 0.480 e. The molecule has 258 valence electrons. The molecule has 1 aliphatic rings. The van der Waals surface area contributed by atoms with Crippen LogP contribution in [0.3, 0.4) is 0 Å². The highest BCUT2D eigenvalue weighted by molar-refractivity contribution is 6.10. The summed E-state index contributed by atoms with van der Waals surface area (Å²) in [6.45, 7) is 5.66. The minimum absolute atomic E-state index is 0.206. The Labute approximate surface area is 286 Å². The molecule has 1 atom stereocenters. The fourth-order valence-electron chi connectivity index (χ4n) is 5.78. The van der Waals surface area contributed by atoms with Gasteiger partial charge < -0.3 is 19.9 Å². The van der Waals surface area contributed by atoms with Crippen molar-refractivity contribution >= 4 is 17.6 Å². The molecule has 15 heteroatoms. The Morgan fingerprint density at radius 1 is 1.00 bits per heavy atom. The first-order valence-electron chi connectivity index (χ1n) is 16.0. The van der Waals surface area contributed by atoms with Gasteiger partial charge in [0.15, 0.2) is 11.5 Å². The van der Waals surface area contributed by atoms with Gasteiger partial charge in [-0.15, -0.1) is 0 Å². The zero-order valence-electron chi connectivity index (χ0n) is 27.9. The van der Waals surface area contributed by atoms with E-state index in [1.54, 1.807) is 62.4 Å². The zero-order valence-corrected chi connectivity index (χ0v) is 27.9. The second-order valence-corrected chi connectivity index (χ2v) is 12.3. The van der Waals surface area contributed by atoms with Crippen LogP contribution in [0.5, 0.6) is 5.88 Å². The number of imidazole rings is 1. The van der Waals surface area contributed by atoms with Gasteiger partial charge in [-0.05, 0) is 51.3 Å². The molecule has 1 fully saturated rings. The van der Waals surface area contributed by atoms with Crippen LogP contribution < -0.4 is 20.8 Å². The molecule has 0 saturated heterocycles. The Kier molecular flexibility index (Phi) is 9.32. The van der Waals surface area contributed by atoms with Crippen LogP contribution >= 0.6 is 0 Å². The number of carbonyl (C=O) groups is 1. The summed E-state index contributed by atoms with van der Waals surface area (Å²) >= 11 is 0. The number of hydrogen-bond acceptors (Lipinski definition) is 9. The molecule has 1 amide bonds. The average Bonchev–Trinajstić information content (AvgIpc) is 3.85. The number of nitrogens with two attached hydrogens (primary N) is 2. The fourth-order valence-corrected chi connectivity index (χ4v) is 5.78. The first-order valence-corrected chi connectivity index (χ1v) is 16.0. The van der Waals surface area contributed by atoms with Crippen LogP contribution in [0, 0.1) is 0 Å². The van der Waals surface area contributed by atoms with Crippen LogP contribution in [0.15, 0.2) is 67.4 Å². The van der Waals surface area contributed by atoms with E-state index >= 15 is 0 Å². The Balaban J connectivity index is 1.40. The van der Waals surface area contributed by atoms with Crippen molar-refractivity contribution in [1.82, 2.24) is 34.5 Å². The third-order valence-corrected chi connectivity index (χ3v) is 8.60. The lowest BCUT2D eigenvalue weighted by Crippen LogP contribution is -2.54. The highest BCUT2D eigenvalue weighted by Crippen LogP contribution is 2.45. The molecule has 0 bridgehead atoms. The number of methoxy groups -OCH3 is 1. The molecule has 0 aliphatic heterocycles. The van der Waals surface area contributed by atoms with E-state index in [9.17, 15) is 18.0 Å². The standard InChI is InChI=1S/C35H35F3N10O2/c1-19(2)47-16-26(35(36,37)38)45-32(47)23-11-9-21(10-12-23)15-48(20(3)28(39)24-7-5-6-8-25(24)30(40)49)34-44-18-42-31(46-34)27-29(22-13-14-22)41-17-43-33(27)50-4/h5-12,16-20,22,39H,13-15H2,1-4H3,(H2,40,49)/p+1. The molecular formula is C35H36F3N10O2+. The maximum absolute atomic E-state index is 13.6. The number of ether oxygens (including phenoxy) is 1. The minimum atomic E-state index is -4.58. The number of halogens is 3. The monoisotopic (exact) mass is 685 g/mol. The van der Waals surface area contributed by atoms with Crippen molar-refractivity contribution in [3.05, 3.63) is 95.5 Å². The number of alkyl halides is 3. The molecule has 1 unspecified atom stereocenters. The SMILES string of the molecule is COc1ncnc(C2CC2)c1-c1ncnc(N(Cc2ccc(-c3nc(C(F)(F)F)cn3C(C)C)cc2)C(C)C(=[NH2+])c2ccccc2C(N)=O)n1. The summed E-state index contributed by atoms with van der Waals surface area (Å²) in [4.78, 5) is 40.7. The van der Waals surface area contributed by atoms with Crippen LogP contribution in [-0.2, 0) is 12.7 Å². The lowest BCUT2D eigenvalue weighted by Gasteiger charge is -2.28. The molecule has 6 rings (SSSR count). The van der Waals surface area contributed by atoms with Gasteiger partial charge in [0.05, 0.1) is 23.9 Å². The Morgan fingerprint density at radius 3 is 2.30 bits per heavy atom. The van der Waals surface area contributed by atoms with E-state index in [0.717, 1.165) is 30.3 Å². The second-order valence-electron chi connectivity index (χ2n) is 12.3. The molecule has 0 spiro atoms. The van der Waals surface area contributed by atoms with E-state index in [1.807, 2.05) is 11.8 Å². The maximum Gasteiger partial charge on any atom is 0.434 e. The van der Waals surface area contributed by atoms with Crippen molar-refractivity contribution in [2.24, 2.45) is 5.73 Å². The molecule has 3 heterocycles. The van der Waals surface area contributed by atoms with Gasteiger partial charge in [-0.25, -0.2) is 24.9 Å². The normalized spacial score (nSPS) is 13.7. The molecule has 0 radical (unpaired) electrons. The quantitative estimate of drug-likeness (QED) is 0.181. The smallest absolute Gasteiger partial charge is 0.434 e. The van der Waals surface area contributed by atoms with Gasteiger partial charge >= 0.3 is 6.18 Å². The van der Waals surface area contributed by atoms with Crippen LogP contribution in [0.2, 0.25) is 0 Å². The van der Waals surface area contributed by atoms with Crippen molar-refractivity contribution in [2.75, 3.05) is 12.0 Å². The first-order chi connectivity index (χ1) is 23.9. The Morgan fingerprint density at radius 2 is 1.68 bits per heavy atom. The summed E-state index contributed by atoms with van der Waals surface area (Å²) in [6, 6.07) is 13.0. The van der Waals surface area contributed by atoms with Gasteiger partial charge in [0.1, 0.15) is 30.1 Å². The number of benzene rings is 2. The molecule has 5 aromatic rings. The highest BCUT2D eigenvalue weighted by atomic mass is 19.4. The topological polar surface area (TPSA) is 163 Å². The Hall–Kier alpha value is -5.73. The molecule has 4 N–H and O–H groups in total. The van der Waals surface area contributed by atoms with Gasteiger partial charge in [-0.3, -0.25) is 10.2 Å². The number of nitrogens with zero attached hydrogens (tertiary/aromatic N) is 8. The summed E-state index contributed by atoms with van der Waals surface area (Å²) in [5.74, 6) is 0.741. The third kappa shape index (κ3) is 6.88. The maximum atomic E-state index is 13.6. The number of anilines is 1. The molecule has 50 heavy (non-hydrogen) atoms. The van der Waals surface area contributed by atoms with E-state index in [0.29, 0.717) is 34.1 Å². The van der Waals surface area contributed by atoms with Crippen molar-refractivity contribution in [3.8, 4) is 28.7 Å². The van der Waals surface area contributed by atoms with E-state index in [-0.39, 0.29) is 35.8 Å². The molecule has 3 aromatic heterocycles. The number of aromatic nitrogens is 7. The van der Waals surface area contributed by atoms with Gasteiger partial charge in [0, 0.05) is 30.3 Å². The van der Waals surface area contributed by atoms with E-state index in [4.69, 9.17) is 20.9 Å². The second kappa shape index (κ2) is 13.6. The molecule has 1 aliphatic carbocycles. The summed E-state index contributed by atoms with van der Waals surface area (Å²) in [5, 5.41) is 6.77. The first kappa shape index (κ1) is 34.1. The lowest BCUT2D eigenvalue weighted by atomic mass is 9.97. The molecule has 1 saturated carbocycles. The predicted molar refractivity (Wildman–Crippen MR) is 179 cm³/mol. The molecule has 2 aromatic carbocycles. The van der Waals surface area contributed by atoms with Crippen molar-refractivity contribution in [3.63, 3.8) is 0 Å². The number of amides is 1. The number of carbonyl (C=O) groups excluding carboxylic acids is 1. The van der Waals surface area contributed by atoms with Gasteiger partial charge in [0.2, 0.25) is 23.4 Å². The molecular weight excluding hydrogens is 649 g/mol. The van der Waals surface area contributed by atoms with Gasteiger partial charge in [0.25, 0.3) is 0 Å². The number of primary amides is 1. The van der Waals surface area contributed by atoms with Crippen LogP contribution in [-0.4, -0.2) is 59.2 Å². The summed E-state index contributed by atoms with van der Waals surface area (Å²) in [5.41, 5.74) is 8.47. The van der Waals surface area contributed by atoms with Gasteiger partial charge in [-0.1, -0.05) is 36.4 Å². The number of rotatable bonds is 12. The predicted octanol–water partition coefficient (Wildman–Crippen LogP) is 4.42.